The number of amides is 1. The number of carbonyl (C=O) groups is 1. The van der Waals surface area contributed by atoms with Crippen molar-refractivity contribution >= 4 is 11.6 Å². The van der Waals surface area contributed by atoms with E-state index in [1.807, 2.05) is 56.3 Å². The van der Waals surface area contributed by atoms with E-state index in [-0.39, 0.29) is 5.91 Å². The Bertz CT molecular complexity index is 926. The molecule has 0 radical (unpaired) electrons. The number of nitrogens with zero attached hydrogens (tertiary/aromatic N) is 3. The van der Waals surface area contributed by atoms with Crippen LogP contribution < -0.4 is 5.32 Å². The highest BCUT2D eigenvalue weighted by Crippen LogP contribution is 2.42. The molecule has 0 aliphatic heterocycles. The highest BCUT2D eigenvalue weighted by atomic mass is 16.2. The molecule has 2 aromatic carbocycles. The fourth-order valence-electron chi connectivity index (χ4n) is 3.07. The second kappa shape index (κ2) is 6.16. The molecule has 1 fully saturated rings. The lowest BCUT2D eigenvalue weighted by Crippen LogP contribution is -2.16. The van der Waals surface area contributed by atoms with E-state index in [1.165, 1.54) is 5.56 Å². The average Bonchev–Trinajstić information content (AvgIpc) is 3.36. The molecule has 1 aliphatic carbocycles. The van der Waals surface area contributed by atoms with Gasteiger partial charge in [-0.15, -0.1) is 5.10 Å². The van der Waals surface area contributed by atoms with E-state index >= 15 is 0 Å². The summed E-state index contributed by atoms with van der Waals surface area (Å²) in [5.41, 5.74) is 5.29. The minimum absolute atomic E-state index is 0.198. The van der Waals surface area contributed by atoms with Gasteiger partial charge in [0.1, 0.15) is 0 Å². The summed E-state index contributed by atoms with van der Waals surface area (Å²) in [4.78, 5) is 12.8. The summed E-state index contributed by atoms with van der Waals surface area (Å²) in [7, 11) is 0. The van der Waals surface area contributed by atoms with Crippen LogP contribution >= 0.6 is 0 Å². The van der Waals surface area contributed by atoms with Gasteiger partial charge in [-0.05, 0) is 50.5 Å². The van der Waals surface area contributed by atoms with Crippen molar-refractivity contribution < 1.29 is 4.79 Å². The van der Waals surface area contributed by atoms with Gasteiger partial charge in [0.2, 0.25) is 0 Å². The van der Waals surface area contributed by atoms with Gasteiger partial charge in [0.25, 0.3) is 5.91 Å². The van der Waals surface area contributed by atoms with Crippen LogP contribution in [0, 0.1) is 13.8 Å². The van der Waals surface area contributed by atoms with E-state index in [4.69, 9.17) is 0 Å². The Hall–Kier alpha value is -2.95. The van der Waals surface area contributed by atoms with Crippen molar-refractivity contribution in [3.05, 3.63) is 71.0 Å². The Kier molecular flexibility index (Phi) is 3.84. The van der Waals surface area contributed by atoms with E-state index in [1.54, 1.807) is 4.68 Å². The van der Waals surface area contributed by atoms with Crippen LogP contribution in [0.3, 0.4) is 0 Å². The molecule has 4 rings (SSSR count). The van der Waals surface area contributed by atoms with Crippen LogP contribution in [0.15, 0.2) is 48.5 Å². The highest BCUT2D eigenvalue weighted by molar-refractivity contribution is 6.04. The molecule has 126 valence electrons. The van der Waals surface area contributed by atoms with Crippen LogP contribution in [-0.4, -0.2) is 20.9 Å². The summed E-state index contributed by atoms with van der Waals surface area (Å²) < 4.78 is 1.80. The van der Waals surface area contributed by atoms with Gasteiger partial charge in [-0.1, -0.05) is 41.1 Å². The molecule has 1 heterocycles. The Balaban J connectivity index is 1.68. The first kappa shape index (κ1) is 15.6. The van der Waals surface area contributed by atoms with E-state index < -0.39 is 0 Å². The fourth-order valence-corrected chi connectivity index (χ4v) is 3.07. The normalized spacial score (nSPS) is 13.7. The maximum atomic E-state index is 12.8. The summed E-state index contributed by atoms with van der Waals surface area (Å²) >= 11 is 0. The third-order valence-corrected chi connectivity index (χ3v) is 4.51. The minimum Gasteiger partial charge on any atom is -0.320 e. The van der Waals surface area contributed by atoms with E-state index in [0.717, 1.165) is 35.5 Å². The monoisotopic (exact) mass is 332 g/mol. The molecule has 1 saturated carbocycles. The average molecular weight is 332 g/mol. The van der Waals surface area contributed by atoms with Gasteiger partial charge in [-0.25, -0.2) is 4.68 Å². The summed E-state index contributed by atoms with van der Waals surface area (Å²) in [5.74, 6) is 0.158. The van der Waals surface area contributed by atoms with E-state index in [9.17, 15) is 4.79 Å². The number of hydrogen-bond acceptors (Lipinski definition) is 3. The van der Waals surface area contributed by atoms with Crippen LogP contribution in [0.2, 0.25) is 0 Å². The molecule has 0 bridgehead atoms. The third kappa shape index (κ3) is 3.05. The molecule has 3 aromatic rings. The fraction of sp³-hybridized carbons (Fsp3) is 0.250. The second-order valence-corrected chi connectivity index (χ2v) is 6.62. The third-order valence-electron chi connectivity index (χ3n) is 4.51. The molecule has 1 aliphatic rings. The van der Waals surface area contributed by atoms with Crippen molar-refractivity contribution in [1.29, 1.82) is 0 Å². The van der Waals surface area contributed by atoms with Crippen molar-refractivity contribution in [2.24, 2.45) is 0 Å². The molecular formula is C20H20N4O. The lowest BCUT2D eigenvalue weighted by Gasteiger charge is -2.10. The van der Waals surface area contributed by atoms with Crippen LogP contribution in [-0.2, 0) is 0 Å². The summed E-state index contributed by atoms with van der Waals surface area (Å²) in [5, 5.41) is 11.4. The van der Waals surface area contributed by atoms with Gasteiger partial charge in [-0.3, -0.25) is 4.79 Å². The van der Waals surface area contributed by atoms with E-state index in [2.05, 4.69) is 21.7 Å². The molecule has 1 amide bonds. The predicted octanol–water partition coefficient (Wildman–Crippen LogP) is 4.01. The Morgan fingerprint density at radius 2 is 1.88 bits per heavy atom. The zero-order chi connectivity index (χ0) is 17.4. The number of aromatic nitrogens is 3. The van der Waals surface area contributed by atoms with Crippen molar-refractivity contribution in [1.82, 2.24) is 15.0 Å². The SMILES string of the molecule is Cc1ccc(NC(=O)c2nnn(-c3ccccc3)c2C2CC2)c(C)c1. The molecule has 5 nitrogen and oxygen atoms in total. The molecule has 0 unspecified atom stereocenters. The second-order valence-electron chi connectivity index (χ2n) is 6.62. The van der Waals surface area contributed by atoms with Crippen molar-refractivity contribution in [2.45, 2.75) is 32.6 Å². The first-order valence-electron chi connectivity index (χ1n) is 8.53. The first-order chi connectivity index (χ1) is 12.1. The highest BCUT2D eigenvalue weighted by Gasteiger charge is 2.34. The molecule has 1 N–H and O–H groups in total. The molecular weight excluding hydrogens is 312 g/mol. The molecule has 1 aromatic heterocycles. The standard InChI is InChI=1S/C20H20N4O/c1-13-8-11-17(14(2)12-13)21-20(25)18-19(15-9-10-15)24(23-22-18)16-6-4-3-5-7-16/h3-8,11-12,15H,9-10H2,1-2H3,(H,21,25). The number of aryl methyl sites for hydroxylation is 2. The first-order valence-corrected chi connectivity index (χ1v) is 8.53. The van der Waals surface area contributed by atoms with Crippen LogP contribution in [0.4, 0.5) is 5.69 Å². The van der Waals surface area contributed by atoms with E-state index in [0.29, 0.717) is 11.6 Å². The number of nitrogens with one attached hydrogen (secondary N) is 1. The zero-order valence-electron chi connectivity index (χ0n) is 14.4. The molecule has 0 spiro atoms. The van der Waals surface area contributed by atoms with Crippen molar-refractivity contribution in [2.75, 3.05) is 5.32 Å². The van der Waals surface area contributed by atoms with Crippen LogP contribution in [0.5, 0.6) is 0 Å². The Morgan fingerprint density at radius 1 is 1.12 bits per heavy atom. The number of carbonyl (C=O) groups excluding carboxylic acids is 1. The number of rotatable bonds is 4. The zero-order valence-corrected chi connectivity index (χ0v) is 14.4. The number of para-hydroxylation sites is 1. The maximum Gasteiger partial charge on any atom is 0.278 e. The van der Waals surface area contributed by atoms with Crippen molar-refractivity contribution in [3.8, 4) is 5.69 Å². The largest absolute Gasteiger partial charge is 0.320 e. The topological polar surface area (TPSA) is 59.8 Å². The quantitative estimate of drug-likeness (QED) is 0.785. The summed E-state index contributed by atoms with van der Waals surface area (Å²) in [6, 6.07) is 15.8. The molecule has 0 saturated heterocycles. The number of benzene rings is 2. The van der Waals surface area contributed by atoms with Gasteiger partial charge in [-0.2, -0.15) is 0 Å². The molecule has 0 atom stereocenters. The van der Waals surface area contributed by atoms with Gasteiger partial charge < -0.3 is 5.32 Å². The smallest absolute Gasteiger partial charge is 0.278 e. The summed E-state index contributed by atoms with van der Waals surface area (Å²) in [6.45, 7) is 4.03. The predicted molar refractivity (Wildman–Crippen MR) is 97.2 cm³/mol. The minimum atomic E-state index is -0.198. The van der Waals surface area contributed by atoms with Crippen LogP contribution in [0.25, 0.3) is 5.69 Å². The van der Waals surface area contributed by atoms with Crippen molar-refractivity contribution in [3.63, 3.8) is 0 Å². The van der Waals surface area contributed by atoms with Gasteiger partial charge in [0.15, 0.2) is 5.69 Å². The van der Waals surface area contributed by atoms with Gasteiger partial charge in [0, 0.05) is 11.6 Å². The lowest BCUT2D eigenvalue weighted by atomic mass is 10.1. The lowest BCUT2D eigenvalue weighted by molar-refractivity contribution is 0.102. The molecule has 25 heavy (non-hydrogen) atoms. The maximum absolute atomic E-state index is 12.8. The number of hydrogen-bond donors (Lipinski definition) is 1. The Morgan fingerprint density at radius 3 is 2.56 bits per heavy atom. The summed E-state index contributed by atoms with van der Waals surface area (Å²) in [6.07, 6.45) is 2.15. The number of anilines is 1. The Labute approximate surface area is 146 Å². The molecule has 5 heteroatoms. The van der Waals surface area contributed by atoms with Crippen LogP contribution in [0.1, 0.15) is 46.1 Å². The van der Waals surface area contributed by atoms with Gasteiger partial charge >= 0.3 is 0 Å². The van der Waals surface area contributed by atoms with Gasteiger partial charge in [0.05, 0.1) is 11.4 Å².